The van der Waals surface area contributed by atoms with Crippen LogP contribution in [0.3, 0.4) is 0 Å². The van der Waals surface area contributed by atoms with Crippen molar-refractivity contribution in [3.8, 4) is 0 Å². The van der Waals surface area contributed by atoms with Crippen LogP contribution < -0.4 is 15.5 Å². The lowest BCUT2D eigenvalue weighted by Crippen LogP contribution is -2.49. The first-order valence-corrected chi connectivity index (χ1v) is 14.6. The Balaban J connectivity index is 1.17. The molecule has 1 saturated heterocycles. The molecule has 6 nitrogen and oxygen atoms in total. The second-order valence-corrected chi connectivity index (χ2v) is 11.3. The first kappa shape index (κ1) is 27.6. The van der Waals surface area contributed by atoms with Gasteiger partial charge in [-0.1, -0.05) is 60.2 Å². The summed E-state index contributed by atoms with van der Waals surface area (Å²) >= 11 is 12.0. The predicted octanol–water partition coefficient (Wildman–Crippen LogP) is 5.47. The van der Waals surface area contributed by atoms with Crippen molar-refractivity contribution in [2.75, 3.05) is 31.6 Å². The number of allylic oxidation sites excluding steroid dienone is 4. The molecule has 0 bridgehead atoms. The highest BCUT2D eigenvalue weighted by atomic mass is 35.5. The molecule has 0 aromatic heterocycles. The number of likely N-dealkylation sites (tertiary alicyclic amines) is 1. The number of aliphatic imine (C=N–C) groups is 1. The molecule has 2 aromatic carbocycles. The molecule has 1 atom stereocenters. The number of hydrogen-bond donors (Lipinski definition) is 2. The highest BCUT2D eigenvalue weighted by Crippen LogP contribution is 2.31. The average molecular weight is 562 g/mol. The van der Waals surface area contributed by atoms with Gasteiger partial charge in [-0.05, 0) is 92.7 Å². The summed E-state index contributed by atoms with van der Waals surface area (Å²) < 4.78 is 0. The molecule has 8 heteroatoms. The van der Waals surface area contributed by atoms with Crippen LogP contribution in [0.25, 0.3) is 0 Å². The van der Waals surface area contributed by atoms with E-state index in [0.717, 1.165) is 68.0 Å². The van der Waals surface area contributed by atoms with Gasteiger partial charge in [0.25, 0.3) is 5.91 Å². The summed E-state index contributed by atoms with van der Waals surface area (Å²) in [6.07, 6.45) is 10.7. The standard InChI is InChI=1S/C31H36ClN5OS/c1-36-27-13-12-25(32)20-26(27)28(24-10-6-3-7-11-24)34-29(30(36)38)35-31(39)33-17-14-22-15-18-37(19-16-22)21-23-8-4-2-5-9-23/h2-6,8-10,12-13,20,22,29H,7,11,14-19,21H2,1H3,(H2,33,35,39). The molecule has 1 aliphatic carbocycles. The largest absolute Gasteiger partial charge is 0.363 e. The number of halogens is 1. The quantitative estimate of drug-likeness (QED) is 0.439. The molecule has 39 heavy (non-hydrogen) atoms. The van der Waals surface area contributed by atoms with Gasteiger partial charge in [0, 0.05) is 30.7 Å². The Hall–Kier alpha value is -3.00. The van der Waals surface area contributed by atoms with Crippen LogP contribution in [0.4, 0.5) is 5.69 Å². The molecule has 0 saturated carbocycles. The number of rotatable bonds is 7. The highest BCUT2D eigenvalue weighted by Gasteiger charge is 2.31. The van der Waals surface area contributed by atoms with E-state index in [4.69, 9.17) is 28.8 Å². The summed E-state index contributed by atoms with van der Waals surface area (Å²) in [5.41, 5.74) is 4.91. The fraction of sp³-hybridized carbons (Fsp3) is 0.387. The number of carbonyl (C=O) groups is 1. The normalized spacial score (nSPS) is 20.1. The molecule has 204 valence electrons. The zero-order chi connectivity index (χ0) is 27.2. The molecule has 1 unspecified atom stereocenters. The maximum Gasteiger partial charge on any atom is 0.272 e. The van der Waals surface area contributed by atoms with Crippen molar-refractivity contribution < 1.29 is 4.79 Å². The zero-order valence-corrected chi connectivity index (χ0v) is 24.0. The molecule has 3 aliphatic rings. The Labute approximate surface area is 241 Å². The van der Waals surface area contributed by atoms with E-state index in [1.807, 2.05) is 24.3 Å². The number of anilines is 1. The summed E-state index contributed by atoms with van der Waals surface area (Å²) in [6, 6.07) is 16.3. The molecular formula is C31H36ClN5OS. The monoisotopic (exact) mass is 561 g/mol. The van der Waals surface area contributed by atoms with Crippen LogP contribution in [-0.4, -0.2) is 54.5 Å². The van der Waals surface area contributed by atoms with E-state index in [-0.39, 0.29) is 5.91 Å². The van der Waals surface area contributed by atoms with Crippen LogP contribution in [0.2, 0.25) is 5.02 Å². The van der Waals surface area contributed by atoms with Crippen LogP contribution in [0.1, 0.15) is 43.2 Å². The Morgan fingerprint density at radius 1 is 1.15 bits per heavy atom. The summed E-state index contributed by atoms with van der Waals surface area (Å²) in [4.78, 5) is 22.5. The molecule has 2 aromatic rings. The van der Waals surface area contributed by atoms with Gasteiger partial charge in [0.05, 0.1) is 11.4 Å². The number of piperidine rings is 1. The van der Waals surface area contributed by atoms with Gasteiger partial charge >= 0.3 is 0 Å². The van der Waals surface area contributed by atoms with Gasteiger partial charge in [-0.3, -0.25) is 9.69 Å². The summed E-state index contributed by atoms with van der Waals surface area (Å²) in [6.45, 7) is 4.04. The number of nitrogens with zero attached hydrogens (tertiary/aromatic N) is 3. The lowest BCUT2D eigenvalue weighted by atomic mass is 9.93. The number of thiocarbonyl (C=S) groups is 1. The minimum Gasteiger partial charge on any atom is -0.363 e. The highest BCUT2D eigenvalue weighted by molar-refractivity contribution is 7.80. The third kappa shape index (κ3) is 6.96. The van der Waals surface area contributed by atoms with Crippen molar-refractivity contribution in [2.24, 2.45) is 10.9 Å². The van der Waals surface area contributed by atoms with Crippen LogP contribution >= 0.6 is 23.8 Å². The maximum absolute atomic E-state index is 13.4. The van der Waals surface area contributed by atoms with Crippen LogP contribution in [0.5, 0.6) is 0 Å². The van der Waals surface area contributed by atoms with Crippen LogP contribution in [-0.2, 0) is 11.3 Å². The van der Waals surface area contributed by atoms with E-state index in [2.05, 4.69) is 58.0 Å². The molecule has 0 spiro atoms. The first-order chi connectivity index (χ1) is 19.0. The third-order valence-electron chi connectivity index (χ3n) is 7.78. The fourth-order valence-electron chi connectivity index (χ4n) is 5.54. The number of hydrogen-bond acceptors (Lipinski definition) is 4. The minimum absolute atomic E-state index is 0.157. The Kier molecular flexibility index (Phi) is 9.12. The van der Waals surface area contributed by atoms with E-state index in [0.29, 0.717) is 16.1 Å². The fourth-order valence-corrected chi connectivity index (χ4v) is 5.92. The Morgan fingerprint density at radius 2 is 1.95 bits per heavy atom. The van der Waals surface area contributed by atoms with Crippen molar-refractivity contribution in [3.05, 3.63) is 88.5 Å². The van der Waals surface area contributed by atoms with Crippen molar-refractivity contribution in [2.45, 2.75) is 44.8 Å². The molecule has 1 amide bonds. The Bertz CT molecular complexity index is 1280. The number of likely N-dealkylation sites (N-methyl/N-ethyl adjacent to an activating group) is 1. The molecule has 5 rings (SSSR count). The van der Waals surface area contributed by atoms with Crippen molar-refractivity contribution in [1.82, 2.24) is 15.5 Å². The van der Waals surface area contributed by atoms with Gasteiger partial charge in [-0.25, -0.2) is 4.99 Å². The van der Waals surface area contributed by atoms with Crippen LogP contribution in [0, 0.1) is 5.92 Å². The Morgan fingerprint density at radius 3 is 2.69 bits per heavy atom. The predicted molar refractivity (Wildman–Crippen MR) is 164 cm³/mol. The van der Waals surface area contributed by atoms with E-state index in [1.54, 1.807) is 11.9 Å². The maximum atomic E-state index is 13.4. The number of nitrogens with one attached hydrogen (secondary N) is 2. The van der Waals surface area contributed by atoms with Gasteiger partial charge in [-0.15, -0.1) is 0 Å². The molecule has 1 fully saturated rings. The number of fused-ring (bicyclic) bond motifs is 1. The van der Waals surface area contributed by atoms with Crippen molar-refractivity contribution >= 4 is 46.2 Å². The van der Waals surface area contributed by atoms with E-state index >= 15 is 0 Å². The zero-order valence-electron chi connectivity index (χ0n) is 22.4. The molecule has 2 aliphatic heterocycles. The van der Waals surface area contributed by atoms with Gasteiger partial charge in [0.2, 0.25) is 6.17 Å². The van der Waals surface area contributed by atoms with Gasteiger partial charge < -0.3 is 15.5 Å². The third-order valence-corrected chi connectivity index (χ3v) is 8.28. The summed E-state index contributed by atoms with van der Waals surface area (Å²) in [5, 5.41) is 7.58. The lowest BCUT2D eigenvalue weighted by molar-refractivity contribution is -0.119. The summed E-state index contributed by atoms with van der Waals surface area (Å²) in [5.74, 6) is 0.517. The van der Waals surface area contributed by atoms with E-state index in [9.17, 15) is 4.79 Å². The minimum atomic E-state index is -0.816. The number of amides is 1. The lowest BCUT2D eigenvalue weighted by Gasteiger charge is -2.32. The first-order valence-electron chi connectivity index (χ1n) is 13.8. The topological polar surface area (TPSA) is 60.0 Å². The second kappa shape index (κ2) is 12.9. The number of benzene rings is 2. The van der Waals surface area contributed by atoms with E-state index in [1.165, 1.54) is 18.4 Å². The van der Waals surface area contributed by atoms with Gasteiger partial charge in [0.15, 0.2) is 5.11 Å². The van der Waals surface area contributed by atoms with Crippen LogP contribution in [0.15, 0.2) is 77.3 Å². The summed E-state index contributed by atoms with van der Waals surface area (Å²) in [7, 11) is 1.78. The second-order valence-electron chi connectivity index (χ2n) is 10.5. The van der Waals surface area contributed by atoms with Gasteiger partial charge in [-0.2, -0.15) is 0 Å². The van der Waals surface area contributed by atoms with Crippen molar-refractivity contribution in [1.29, 1.82) is 0 Å². The molecule has 0 radical (unpaired) electrons. The number of carbonyl (C=O) groups excluding carboxylic acids is 1. The SMILES string of the molecule is CN1C(=O)C(NC(=S)NCCC2CCN(Cc3ccccc3)CC2)N=C(C2=CC=CCC2)c2cc(Cl)ccc21. The van der Waals surface area contributed by atoms with E-state index < -0.39 is 6.17 Å². The molecule has 2 heterocycles. The average Bonchev–Trinajstić information content (AvgIpc) is 3.05. The number of benzodiazepines with no additional fused rings is 1. The van der Waals surface area contributed by atoms with Gasteiger partial charge in [0.1, 0.15) is 0 Å². The molecular weight excluding hydrogens is 526 g/mol. The smallest absolute Gasteiger partial charge is 0.272 e. The van der Waals surface area contributed by atoms with Crippen molar-refractivity contribution in [3.63, 3.8) is 0 Å². The molecule has 2 N–H and O–H groups in total.